The maximum Gasteiger partial charge on any atom is 0.265 e. The van der Waals surface area contributed by atoms with Crippen LogP contribution in [0.3, 0.4) is 0 Å². The zero-order valence-corrected chi connectivity index (χ0v) is 9.30. The fourth-order valence-electron chi connectivity index (χ4n) is 1.92. The summed E-state index contributed by atoms with van der Waals surface area (Å²) in [6, 6.07) is 0. The van der Waals surface area contributed by atoms with Crippen molar-refractivity contribution in [3.8, 4) is 0 Å². The average Bonchev–Trinajstić information content (AvgIpc) is 2.74. The lowest BCUT2D eigenvalue weighted by Gasteiger charge is -2.27. The molecule has 3 N–H and O–H groups in total. The molecule has 94 valence electrons. The monoisotopic (exact) mass is 236 g/mol. The Bertz CT molecular complexity index is 243. The quantitative estimate of drug-likeness (QED) is 0.641. The topological polar surface area (TPSA) is 61.4 Å². The van der Waals surface area contributed by atoms with Crippen LogP contribution in [0, 0.1) is 0 Å². The van der Waals surface area contributed by atoms with Gasteiger partial charge in [0.05, 0.1) is 5.54 Å². The Kier molecular flexibility index (Phi) is 4.61. The van der Waals surface area contributed by atoms with Gasteiger partial charge in [0.2, 0.25) is 5.91 Å². The smallest absolute Gasteiger partial charge is 0.265 e. The van der Waals surface area contributed by atoms with Crippen LogP contribution < -0.4 is 10.6 Å². The lowest BCUT2D eigenvalue weighted by atomic mass is 9.93. The van der Waals surface area contributed by atoms with Crippen molar-refractivity contribution in [2.24, 2.45) is 0 Å². The first-order valence-electron chi connectivity index (χ1n) is 5.51. The zero-order valence-electron chi connectivity index (χ0n) is 9.30. The molecule has 0 saturated carbocycles. The second-order valence-corrected chi connectivity index (χ2v) is 4.08. The molecule has 0 radical (unpaired) electrons. The van der Waals surface area contributed by atoms with Crippen molar-refractivity contribution < 1.29 is 18.7 Å². The Morgan fingerprint density at radius 1 is 1.62 bits per heavy atom. The lowest BCUT2D eigenvalue weighted by Crippen LogP contribution is -2.54. The maximum atomic E-state index is 12.0. The number of nitrogens with one attached hydrogen (secondary N) is 2. The minimum Gasteiger partial charge on any atom is -0.385 e. The number of carbonyl (C=O) groups excluding carboxylic acids is 1. The van der Waals surface area contributed by atoms with Crippen LogP contribution in [0.1, 0.15) is 26.2 Å². The lowest BCUT2D eigenvalue weighted by molar-refractivity contribution is -0.128. The Balaban J connectivity index is 2.45. The summed E-state index contributed by atoms with van der Waals surface area (Å²) < 4.78 is 24.0. The third-order valence-electron chi connectivity index (χ3n) is 3.04. The molecule has 0 aromatic rings. The number of aliphatic hydroxyl groups is 1. The molecular weight excluding hydrogens is 218 g/mol. The van der Waals surface area contributed by atoms with Gasteiger partial charge < -0.3 is 15.7 Å². The molecule has 1 fully saturated rings. The van der Waals surface area contributed by atoms with E-state index in [1.807, 2.05) is 6.92 Å². The predicted molar refractivity (Wildman–Crippen MR) is 55.3 cm³/mol. The first-order valence-corrected chi connectivity index (χ1v) is 5.51. The summed E-state index contributed by atoms with van der Waals surface area (Å²) in [6.45, 7) is 2.24. The van der Waals surface area contributed by atoms with Crippen molar-refractivity contribution in [2.45, 2.75) is 44.3 Å². The predicted octanol–water partition coefficient (Wildman–Crippen LogP) is 0.261. The van der Waals surface area contributed by atoms with Crippen molar-refractivity contribution in [1.29, 1.82) is 0 Å². The van der Waals surface area contributed by atoms with E-state index in [0.717, 1.165) is 13.0 Å². The number of halogens is 2. The molecule has 4 nitrogen and oxygen atoms in total. The number of amides is 1. The number of aliphatic hydroxyl groups excluding tert-OH is 1. The Hall–Kier alpha value is -0.750. The van der Waals surface area contributed by atoms with Crippen LogP contribution in [-0.4, -0.2) is 42.2 Å². The molecule has 1 amide bonds. The van der Waals surface area contributed by atoms with Gasteiger partial charge in [-0.2, -0.15) is 0 Å². The maximum absolute atomic E-state index is 12.0. The van der Waals surface area contributed by atoms with E-state index >= 15 is 0 Å². The number of carbonyl (C=O) groups is 1. The highest BCUT2D eigenvalue weighted by atomic mass is 19.3. The van der Waals surface area contributed by atoms with Crippen molar-refractivity contribution in [3.63, 3.8) is 0 Å². The summed E-state index contributed by atoms with van der Waals surface area (Å²) in [5.74, 6) is -0.299. The third-order valence-corrected chi connectivity index (χ3v) is 3.04. The molecular formula is C10H18F2N2O2. The van der Waals surface area contributed by atoms with Gasteiger partial charge in [0.15, 0.2) is 0 Å². The van der Waals surface area contributed by atoms with E-state index in [0.29, 0.717) is 12.8 Å². The highest BCUT2D eigenvalue weighted by Crippen LogP contribution is 2.22. The SMILES string of the molecule is CCC1(C(=O)NCC(O)C(F)F)CCCN1. The fraction of sp³-hybridized carbons (Fsp3) is 0.900. The summed E-state index contributed by atoms with van der Waals surface area (Å²) in [5, 5.41) is 14.3. The van der Waals surface area contributed by atoms with Gasteiger partial charge in [-0.25, -0.2) is 8.78 Å². The van der Waals surface area contributed by atoms with Crippen molar-refractivity contribution in [3.05, 3.63) is 0 Å². The van der Waals surface area contributed by atoms with E-state index in [4.69, 9.17) is 5.11 Å². The number of alkyl halides is 2. The average molecular weight is 236 g/mol. The van der Waals surface area contributed by atoms with Gasteiger partial charge in [-0.05, 0) is 25.8 Å². The first kappa shape index (κ1) is 13.3. The van der Waals surface area contributed by atoms with Crippen molar-refractivity contribution in [1.82, 2.24) is 10.6 Å². The van der Waals surface area contributed by atoms with E-state index in [1.165, 1.54) is 0 Å². The van der Waals surface area contributed by atoms with Gasteiger partial charge in [0.25, 0.3) is 6.43 Å². The molecule has 1 heterocycles. The summed E-state index contributed by atoms with van der Waals surface area (Å²) >= 11 is 0. The van der Waals surface area contributed by atoms with Crippen LogP contribution in [0.25, 0.3) is 0 Å². The van der Waals surface area contributed by atoms with Crippen LogP contribution >= 0.6 is 0 Å². The zero-order chi connectivity index (χ0) is 12.2. The molecule has 0 spiro atoms. The molecule has 0 aromatic carbocycles. The molecule has 16 heavy (non-hydrogen) atoms. The molecule has 1 saturated heterocycles. The fourth-order valence-corrected chi connectivity index (χ4v) is 1.92. The molecule has 0 aliphatic carbocycles. The molecule has 6 heteroatoms. The minimum atomic E-state index is -2.82. The normalized spacial score (nSPS) is 27.1. The van der Waals surface area contributed by atoms with Crippen molar-refractivity contribution in [2.75, 3.05) is 13.1 Å². The second kappa shape index (κ2) is 5.54. The van der Waals surface area contributed by atoms with Crippen LogP contribution in [0.2, 0.25) is 0 Å². The minimum absolute atomic E-state index is 0.299. The number of hydrogen-bond acceptors (Lipinski definition) is 3. The Labute approximate surface area is 93.4 Å². The van der Waals surface area contributed by atoms with E-state index < -0.39 is 24.6 Å². The third kappa shape index (κ3) is 2.89. The number of hydrogen-bond donors (Lipinski definition) is 3. The van der Waals surface area contributed by atoms with Gasteiger partial charge in [0, 0.05) is 6.54 Å². The second-order valence-electron chi connectivity index (χ2n) is 4.08. The summed E-state index contributed by atoms with van der Waals surface area (Å²) in [4.78, 5) is 11.8. The van der Waals surface area contributed by atoms with Crippen molar-refractivity contribution >= 4 is 5.91 Å². The molecule has 1 rings (SSSR count). The van der Waals surface area contributed by atoms with Gasteiger partial charge in [-0.1, -0.05) is 6.92 Å². The van der Waals surface area contributed by atoms with Crippen LogP contribution in [-0.2, 0) is 4.79 Å². The molecule has 2 unspecified atom stereocenters. The highest BCUT2D eigenvalue weighted by Gasteiger charge is 2.39. The van der Waals surface area contributed by atoms with E-state index in [2.05, 4.69) is 10.6 Å². The molecule has 1 aliphatic rings. The molecule has 0 bridgehead atoms. The van der Waals surface area contributed by atoms with Gasteiger partial charge in [0.1, 0.15) is 6.10 Å². The van der Waals surface area contributed by atoms with Gasteiger partial charge >= 0.3 is 0 Å². The number of rotatable bonds is 5. The van der Waals surface area contributed by atoms with Crippen LogP contribution in [0.5, 0.6) is 0 Å². The molecule has 0 aromatic heterocycles. The van der Waals surface area contributed by atoms with E-state index in [9.17, 15) is 13.6 Å². The van der Waals surface area contributed by atoms with E-state index in [1.54, 1.807) is 0 Å². The Morgan fingerprint density at radius 2 is 2.31 bits per heavy atom. The summed E-state index contributed by atoms with van der Waals surface area (Å²) in [5.41, 5.74) is -0.637. The van der Waals surface area contributed by atoms with E-state index in [-0.39, 0.29) is 5.91 Å². The largest absolute Gasteiger partial charge is 0.385 e. The summed E-state index contributed by atoms with van der Waals surface area (Å²) in [6.07, 6.45) is -2.39. The van der Waals surface area contributed by atoms with Crippen LogP contribution in [0.4, 0.5) is 8.78 Å². The summed E-state index contributed by atoms with van der Waals surface area (Å²) in [7, 11) is 0. The first-order chi connectivity index (χ1) is 7.52. The Morgan fingerprint density at radius 3 is 2.75 bits per heavy atom. The standard InChI is InChI=1S/C10H18F2N2O2/c1-2-10(4-3-5-14-10)9(16)13-6-7(15)8(11)12/h7-8,14-15H,2-6H2,1H3,(H,13,16). The highest BCUT2D eigenvalue weighted by molar-refractivity contribution is 5.86. The molecule has 2 atom stereocenters. The van der Waals surface area contributed by atoms with Crippen LogP contribution in [0.15, 0.2) is 0 Å². The van der Waals surface area contributed by atoms with Gasteiger partial charge in [-0.3, -0.25) is 4.79 Å². The van der Waals surface area contributed by atoms with Gasteiger partial charge in [-0.15, -0.1) is 0 Å². The molecule has 1 aliphatic heterocycles.